The molecule has 1 aromatic heterocycles. The maximum atomic E-state index is 14.0. The fourth-order valence-electron chi connectivity index (χ4n) is 1.84. The van der Waals surface area contributed by atoms with Gasteiger partial charge in [0.2, 0.25) is 0 Å². The van der Waals surface area contributed by atoms with Crippen molar-refractivity contribution in [3.05, 3.63) is 46.0 Å². The Balaban J connectivity index is 2.47. The van der Waals surface area contributed by atoms with E-state index in [1.165, 1.54) is 13.3 Å². The first-order chi connectivity index (χ1) is 9.06. The Hall–Kier alpha value is -1.47. The number of rotatable bonds is 4. The smallest absolute Gasteiger partial charge is 0.165 e. The number of H-pyrrole nitrogens is 1. The minimum absolute atomic E-state index is 0.0998. The fraction of sp³-hybridized carbons (Fsp3) is 0.250. The van der Waals surface area contributed by atoms with Gasteiger partial charge in [-0.05, 0) is 22.0 Å². The summed E-state index contributed by atoms with van der Waals surface area (Å²) in [5.74, 6) is -1.44. The molecule has 0 spiro atoms. The van der Waals surface area contributed by atoms with Crippen LogP contribution in [0.4, 0.5) is 8.78 Å². The van der Waals surface area contributed by atoms with Crippen molar-refractivity contribution in [1.82, 2.24) is 9.97 Å². The Morgan fingerprint density at radius 3 is 2.68 bits per heavy atom. The van der Waals surface area contributed by atoms with Crippen molar-refractivity contribution in [3.63, 3.8) is 0 Å². The van der Waals surface area contributed by atoms with E-state index in [0.717, 1.165) is 12.1 Å². The van der Waals surface area contributed by atoms with E-state index in [4.69, 9.17) is 10.5 Å². The van der Waals surface area contributed by atoms with Gasteiger partial charge in [-0.25, -0.2) is 13.8 Å². The minimum atomic E-state index is -0.636. The van der Waals surface area contributed by atoms with Gasteiger partial charge < -0.3 is 15.5 Å². The maximum Gasteiger partial charge on any atom is 0.165 e. The molecule has 1 atom stereocenters. The monoisotopic (exact) mass is 331 g/mol. The van der Waals surface area contributed by atoms with Crippen LogP contribution in [0.5, 0.6) is 5.75 Å². The van der Waals surface area contributed by atoms with Gasteiger partial charge in [0.25, 0.3) is 0 Å². The normalized spacial score (nSPS) is 12.5. The highest BCUT2D eigenvalue weighted by Crippen LogP contribution is 2.29. The summed E-state index contributed by atoms with van der Waals surface area (Å²) >= 11 is 3.21. The zero-order valence-corrected chi connectivity index (χ0v) is 11.7. The van der Waals surface area contributed by atoms with Crippen LogP contribution in [-0.2, 0) is 0 Å². The third kappa shape index (κ3) is 2.76. The molecular formula is C12H12BrF2N3O. The summed E-state index contributed by atoms with van der Waals surface area (Å²) in [7, 11) is 1.28. The average molecular weight is 332 g/mol. The molecule has 0 aliphatic carbocycles. The van der Waals surface area contributed by atoms with E-state index in [1.54, 1.807) is 0 Å². The van der Waals surface area contributed by atoms with Gasteiger partial charge >= 0.3 is 0 Å². The molecule has 0 saturated heterocycles. The Bertz CT molecular complexity index is 588. The summed E-state index contributed by atoms with van der Waals surface area (Å²) in [5, 5.41) is 0. The molecule has 2 aromatic rings. The SMILES string of the molecule is COc1cc(F)c(C(CN)c2ncc(Br)[nH]2)cc1F. The number of hydrogen-bond acceptors (Lipinski definition) is 3. The molecule has 102 valence electrons. The Morgan fingerprint density at radius 2 is 2.16 bits per heavy atom. The molecule has 4 nitrogen and oxygen atoms in total. The van der Waals surface area contributed by atoms with Gasteiger partial charge in [-0.15, -0.1) is 0 Å². The van der Waals surface area contributed by atoms with E-state index in [1.807, 2.05) is 0 Å². The second-order valence-corrected chi connectivity index (χ2v) is 4.77. The highest BCUT2D eigenvalue weighted by molar-refractivity contribution is 9.10. The molecule has 2 rings (SSSR count). The molecule has 0 fully saturated rings. The Labute approximate surface area is 117 Å². The van der Waals surface area contributed by atoms with Crippen molar-refractivity contribution in [2.75, 3.05) is 13.7 Å². The predicted octanol–water partition coefficient (Wildman–Crippen LogP) is 2.55. The number of nitrogens with one attached hydrogen (secondary N) is 1. The standard InChI is InChI=1S/C12H12BrF2N3O/c1-19-10-3-8(14)6(2-9(10)15)7(4-16)12-17-5-11(13)18-12/h2-3,5,7H,4,16H2,1H3,(H,17,18). The third-order valence-corrected chi connectivity index (χ3v) is 3.18. The van der Waals surface area contributed by atoms with Crippen LogP contribution in [0.3, 0.4) is 0 Å². The van der Waals surface area contributed by atoms with Crippen LogP contribution < -0.4 is 10.5 Å². The number of imidazole rings is 1. The first-order valence-corrected chi connectivity index (χ1v) is 6.29. The lowest BCUT2D eigenvalue weighted by Crippen LogP contribution is -2.17. The lowest BCUT2D eigenvalue weighted by atomic mass is 9.97. The molecule has 0 amide bonds. The molecular weight excluding hydrogens is 320 g/mol. The molecule has 0 radical (unpaired) electrons. The molecule has 0 saturated carbocycles. The highest BCUT2D eigenvalue weighted by atomic mass is 79.9. The van der Waals surface area contributed by atoms with Gasteiger partial charge in [-0.1, -0.05) is 0 Å². The Morgan fingerprint density at radius 1 is 1.42 bits per heavy atom. The zero-order valence-electron chi connectivity index (χ0n) is 10.1. The number of halogens is 3. The van der Waals surface area contributed by atoms with Crippen molar-refractivity contribution in [2.45, 2.75) is 5.92 Å². The summed E-state index contributed by atoms with van der Waals surface area (Å²) in [5.41, 5.74) is 5.78. The molecule has 3 N–H and O–H groups in total. The number of aromatic amines is 1. The van der Waals surface area contributed by atoms with Gasteiger partial charge in [0.1, 0.15) is 16.2 Å². The topological polar surface area (TPSA) is 63.9 Å². The number of methoxy groups -OCH3 is 1. The number of nitrogens with two attached hydrogens (primary N) is 1. The van der Waals surface area contributed by atoms with E-state index < -0.39 is 17.6 Å². The number of benzene rings is 1. The van der Waals surface area contributed by atoms with Crippen molar-refractivity contribution in [3.8, 4) is 5.75 Å². The van der Waals surface area contributed by atoms with E-state index in [2.05, 4.69) is 25.9 Å². The molecule has 19 heavy (non-hydrogen) atoms. The Kier molecular flexibility index (Phi) is 4.16. The molecule has 7 heteroatoms. The van der Waals surface area contributed by atoms with Crippen LogP contribution in [0, 0.1) is 11.6 Å². The van der Waals surface area contributed by atoms with Crippen molar-refractivity contribution < 1.29 is 13.5 Å². The van der Waals surface area contributed by atoms with Gasteiger partial charge in [0, 0.05) is 18.2 Å². The maximum absolute atomic E-state index is 14.0. The minimum Gasteiger partial charge on any atom is -0.494 e. The van der Waals surface area contributed by atoms with E-state index >= 15 is 0 Å². The lowest BCUT2D eigenvalue weighted by molar-refractivity contribution is 0.381. The predicted molar refractivity (Wildman–Crippen MR) is 70.1 cm³/mol. The summed E-state index contributed by atoms with van der Waals surface area (Å²) in [6, 6.07) is 2.09. The highest BCUT2D eigenvalue weighted by Gasteiger charge is 2.22. The van der Waals surface area contributed by atoms with Crippen LogP contribution in [0.25, 0.3) is 0 Å². The molecule has 1 heterocycles. The van der Waals surface area contributed by atoms with Crippen LogP contribution in [0.2, 0.25) is 0 Å². The van der Waals surface area contributed by atoms with Crippen molar-refractivity contribution in [1.29, 1.82) is 0 Å². The molecule has 0 aliphatic rings. The zero-order chi connectivity index (χ0) is 14.0. The molecule has 0 aliphatic heterocycles. The van der Waals surface area contributed by atoms with E-state index in [0.29, 0.717) is 10.4 Å². The van der Waals surface area contributed by atoms with Crippen molar-refractivity contribution in [2.24, 2.45) is 5.73 Å². The quantitative estimate of drug-likeness (QED) is 0.904. The fourth-order valence-corrected chi connectivity index (χ4v) is 2.15. The summed E-state index contributed by atoms with van der Waals surface area (Å²) in [6.45, 7) is 0.0998. The molecule has 1 aromatic carbocycles. The second kappa shape index (κ2) is 5.66. The van der Waals surface area contributed by atoms with Crippen LogP contribution in [0.15, 0.2) is 22.9 Å². The summed E-state index contributed by atoms with van der Waals surface area (Å²) in [6.07, 6.45) is 1.54. The molecule has 0 bridgehead atoms. The number of ether oxygens (including phenoxy) is 1. The van der Waals surface area contributed by atoms with Gasteiger partial charge in [-0.3, -0.25) is 0 Å². The number of nitrogens with zero attached hydrogens (tertiary/aromatic N) is 1. The van der Waals surface area contributed by atoms with Gasteiger partial charge in [-0.2, -0.15) is 0 Å². The van der Waals surface area contributed by atoms with Crippen LogP contribution >= 0.6 is 15.9 Å². The van der Waals surface area contributed by atoms with Gasteiger partial charge in [0.15, 0.2) is 11.6 Å². The van der Waals surface area contributed by atoms with Crippen LogP contribution in [-0.4, -0.2) is 23.6 Å². The summed E-state index contributed by atoms with van der Waals surface area (Å²) in [4.78, 5) is 6.98. The largest absolute Gasteiger partial charge is 0.494 e. The summed E-state index contributed by atoms with van der Waals surface area (Å²) < 4.78 is 33.0. The number of aromatic nitrogens is 2. The first kappa shape index (κ1) is 14.0. The van der Waals surface area contributed by atoms with Crippen molar-refractivity contribution >= 4 is 15.9 Å². The van der Waals surface area contributed by atoms with Gasteiger partial charge in [0.05, 0.1) is 19.2 Å². The second-order valence-electron chi connectivity index (χ2n) is 3.91. The van der Waals surface area contributed by atoms with E-state index in [9.17, 15) is 8.78 Å². The third-order valence-electron chi connectivity index (χ3n) is 2.78. The molecule has 1 unspecified atom stereocenters. The number of hydrogen-bond donors (Lipinski definition) is 2. The van der Waals surface area contributed by atoms with Crippen LogP contribution in [0.1, 0.15) is 17.3 Å². The average Bonchev–Trinajstić information content (AvgIpc) is 2.80. The lowest BCUT2D eigenvalue weighted by Gasteiger charge is -2.15. The van der Waals surface area contributed by atoms with E-state index in [-0.39, 0.29) is 17.9 Å². The first-order valence-electron chi connectivity index (χ1n) is 5.50.